The van der Waals surface area contributed by atoms with E-state index >= 15 is 0 Å². The van der Waals surface area contributed by atoms with Crippen LogP contribution in [0.1, 0.15) is 24.5 Å². The molecule has 1 unspecified atom stereocenters. The molecule has 0 saturated carbocycles. The van der Waals surface area contributed by atoms with Crippen LogP contribution in [0, 0.1) is 11.3 Å². The van der Waals surface area contributed by atoms with Crippen LogP contribution in [0.2, 0.25) is 0 Å². The Bertz CT molecular complexity index is 2540. The van der Waals surface area contributed by atoms with Crippen molar-refractivity contribution in [3.8, 4) is 39.4 Å². The van der Waals surface area contributed by atoms with Gasteiger partial charge < -0.3 is 14.6 Å². The molecule has 3 heterocycles. The van der Waals surface area contributed by atoms with Crippen LogP contribution in [-0.4, -0.2) is 11.1 Å². The van der Waals surface area contributed by atoms with E-state index in [0.29, 0.717) is 5.56 Å². The predicted molar refractivity (Wildman–Crippen MR) is 197 cm³/mol. The third-order valence-corrected chi connectivity index (χ3v) is 9.65. The van der Waals surface area contributed by atoms with Crippen LogP contribution in [0.3, 0.4) is 0 Å². The van der Waals surface area contributed by atoms with E-state index in [9.17, 15) is 5.26 Å². The zero-order chi connectivity index (χ0) is 32.2. The van der Waals surface area contributed by atoms with Gasteiger partial charge in [-0.3, -0.25) is 0 Å². The average Bonchev–Trinajstić information content (AvgIpc) is 3.72. The van der Waals surface area contributed by atoms with Crippen LogP contribution in [0.4, 0.5) is 0 Å². The summed E-state index contributed by atoms with van der Waals surface area (Å²) in [4.78, 5) is 2.33. The maximum absolute atomic E-state index is 9.20. The summed E-state index contributed by atoms with van der Waals surface area (Å²) >= 11 is 0. The van der Waals surface area contributed by atoms with E-state index in [1.54, 1.807) is 0 Å². The van der Waals surface area contributed by atoms with Crippen molar-refractivity contribution < 1.29 is 4.42 Å². The maximum Gasteiger partial charge on any atom is 0.135 e. The Morgan fingerprint density at radius 3 is 1.94 bits per heavy atom. The molecule has 7 aromatic rings. The summed E-state index contributed by atoms with van der Waals surface area (Å²) in [7, 11) is 0. The highest BCUT2D eigenvalue weighted by atomic mass is 16.3. The molecule has 0 saturated heterocycles. The highest BCUT2D eigenvalue weighted by Crippen LogP contribution is 2.37. The van der Waals surface area contributed by atoms with Gasteiger partial charge in [0, 0.05) is 28.2 Å². The summed E-state index contributed by atoms with van der Waals surface area (Å²) in [5.74, 6) is 0. The second-order valence-electron chi connectivity index (χ2n) is 12.5. The minimum Gasteiger partial charge on any atom is -0.456 e. The van der Waals surface area contributed by atoms with E-state index < -0.39 is 0 Å². The Hall–Kier alpha value is -6.31. The molecule has 0 aliphatic carbocycles. The number of fused-ring (bicyclic) bond motifs is 5. The van der Waals surface area contributed by atoms with Gasteiger partial charge in [0.1, 0.15) is 17.3 Å². The van der Waals surface area contributed by atoms with Gasteiger partial charge in [0.15, 0.2) is 0 Å². The molecule has 4 heteroatoms. The van der Waals surface area contributed by atoms with E-state index in [1.807, 2.05) is 30.3 Å². The summed E-state index contributed by atoms with van der Waals surface area (Å²) in [6.07, 6.45) is 9.70. The monoisotopic (exact) mass is 617 g/mol. The van der Waals surface area contributed by atoms with Crippen LogP contribution >= 0.6 is 0 Å². The summed E-state index contributed by atoms with van der Waals surface area (Å²) in [6.45, 7) is 2.22. The second-order valence-corrected chi connectivity index (χ2v) is 12.5. The number of nitriles is 1. The van der Waals surface area contributed by atoms with Gasteiger partial charge >= 0.3 is 0 Å². The average molecular weight is 618 g/mol. The zero-order valence-corrected chi connectivity index (χ0v) is 26.4. The van der Waals surface area contributed by atoms with Crippen LogP contribution in [-0.2, 0) is 0 Å². The molecule has 0 amide bonds. The summed E-state index contributed by atoms with van der Waals surface area (Å²) in [6, 6.07) is 45.0. The highest BCUT2D eigenvalue weighted by molar-refractivity contribution is 6.08. The van der Waals surface area contributed by atoms with Crippen molar-refractivity contribution >= 4 is 38.4 Å². The van der Waals surface area contributed by atoms with Gasteiger partial charge in [-0.2, -0.15) is 5.26 Å². The Kier molecular flexibility index (Phi) is 6.52. The van der Waals surface area contributed by atoms with Crippen molar-refractivity contribution in [3.05, 3.63) is 163 Å². The SMILES string of the molecule is CCC1=C(c2cccc(-c3ccc4ccc(-c5ccc6oc7ccc(-c8ccc(C#N)cc8)cc7c6c5)cc4c3)c2)NC2C=CC=CN12. The molecule has 2 aliphatic rings. The quantitative estimate of drug-likeness (QED) is 0.209. The molecule has 2 aliphatic heterocycles. The normalized spacial score (nSPS) is 15.3. The van der Waals surface area contributed by atoms with Crippen molar-refractivity contribution in [3.63, 3.8) is 0 Å². The van der Waals surface area contributed by atoms with Crippen LogP contribution in [0.15, 0.2) is 156 Å². The molecule has 1 atom stereocenters. The number of benzene rings is 6. The summed E-state index contributed by atoms with van der Waals surface area (Å²) in [5.41, 5.74) is 13.0. The molecule has 0 spiro atoms. The molecule has 4 nitrogen and oxygen atoms in total. The van der Waals surface area contributed by atoms with Gasteiger partial charge in [0.2, 0.25) is 0 Å². The van der Waals surface area contributed by atoms with Gasteiger partial charge in [0.05, 0.1) is 17.3 Å². The first-order valence-electron chi connectivity index (χ1n) is 16.4. The lowest BCUT2D eigenvalue weighted by atomic mass is 9.95. The third kappa shape index (κ3) is 4.68. The van der Waals surface area contributed by atoms with Crippen molar-refractivity contribution in [1.29, 1.82) is 5.26 Å². The molecule has 9 rings (SSSR count). The number of nitrogens with one attached hydrogen (secondary N) is 1. The van der Waals surface area contributed by atoms with Crippen LogP contribution in [0.25, 0.3) is 71.8 Å². The van der Waals surface area contributed by atoms with Crippen molar-refractivity contribution in [2.75, 3.05) is 0 Å². The standard InChI is InChI=1S/C44H31N3O/c1-2-40-44(46-43-8-3-4-21-47(40)43)36-7-5-6-31(22-36)32-15-13-30-14-16-33(24-37(30)23-32)35-18-20-42-39(26-35)38-25-34(17-19-41(38)48-42)29-11-9-28(27-45)10-12-29/h3-26,43,46H,2H2,1H3. The van der Waals surface area contributed by atoms with E-state index in [4.69, 9.17) is 4.42 Å². The molecule has 1 N–H and O–H groups in total. The smallest absolute Gasteiger partial charge is 0.135 e. The fourth-order valence-corrected chi connectivity index (χ4v) is 7.18. The van der Waals surface area contributed by atoms with Crippen molar-refractivity contribution in [2.45, 2.75) is 19.5 Å². The number of rotatable bonds is 5. The number of hydrogen-bond donors (Lipinski definition) is 1. The first-order chi connectivity index (χ1) is 23.6. The van der Waals surface area contributed by atoms with E-state index in [0.717, 1.165) is 45.0 Å². The van der Waals surface area contributed by atoms with Gasteiger partial charge in [-0.1, -0.05) is 79.7 Å². The zero-order valence-electron chi connectivity index (χ0n) is 26.4. The largest absolute Gasteiger partial charge is 0.456 e. The van der Waals surface area contributed by atoms with E-state index in [-0.39, 0.29) is 6.17 Å². The lowest BCUT2D eigenvalue weighted by Gasteiger charge is -2.24. The second kappa shape index (κ2) is 11.2. The Balaban J connectivity index is 1.07. The summed E-state index contributed by atoms with van der Waals surface area (Å²) in [5, 5.41) is 17.5. The lowest BCUT2D eigenvalue weighted by molar-refractivity contribution is 0.393. The molecule has 0 bridgehead atoms. The fraction of sp³-hybridized carbons (Fsp3) is 0.0682. The molecule has 228 valence electrons. The highest BCUT2D eigenvalue weighted by Gasteiger charge is 2.28. The van der Waals surface area contributed by atoms with E-state index in [1.165, 1.54) is 44.4 Å². The minimum atomic E-state index is 0.173. The number of allylic oxidation sites excluding steroid dienone is 3. The summed E-state index contributed by atoms with van der Waals surface area (Å²) < 4.78 is 6.23. The third-order valence-electron chi connectivity index (χ3n) is 9.65. The topological polar surface area (TPSA) is 52.2 Å². The number of furan rings is 1. The Labute approximate surface area is 279 Å². The van der Waals surface area contributed by atoms with Crippen molar-refractivity contribution in [2.24, 2.45) is 0 Å². The predicted octanol–water partition coefficient (Wildman–Crippen LogP) is 11.0. The first-order valence-corrected chi connectivity index (χ1v) is 16.4. The van der Waals surface area contributed by atoms with E-state index in [2.05, 4.69) is 139 Å². The molecular weight excluding hydrogens is 587 g/mol. The van der Waals surface area contributed by atoms with Crippen LogP contribution in [0.5, 0.6) is 0 Å². The Morgan fingerprint density at radius 2 is 1.25 bits per heavy atom. The molecular formula is C44H31N3O. The maximum atomic E-state index is 9.20. The number of nitrogens with zero attached hydrogens (tertiary/aromatic N) is 2. The van der Waals surface area contributed by atoms with Gasteiger partial charge in [-0.05, 0) is 117 Å². The van der Waals surface area contributed by atoms with Crippen molar-refractivity contribution in [1.82, 2.24) is 10.2 Å². The van der Waals surface area contributed by atoms with Gasteiger partial charge in [-0.25, -0.2) is 0 Å². The minimum absolute atomic E-state index is 0.173. The Morgan fingerprint density at radius 1 is 0.646 bits per heavy atom. The fourth-order valence-electron chi connectivity index (χ4n) is 7.18. The molecule has 6 aromatic carbocycles. The van der Waals surface area contributed by atoms with Crippen LogP contribution < -0.4 is 5.32 Å². The number of hydrogen-bond acceptors (Lipinski definition) is 4. The molecule has 48 heavy (non-hydrogen) atoms. The lowest BCUT2D eigenvalue weighted by Crippen LogP contribution is -2.32. The first kappa shape index (κ1) is 28.0. The molecule has 1 aromatic heterocycles. The van der Waals surface area contributed by atoms with Gasteiger partial charge in [0.25, 0.3) is 0 Å². The molecule has 0 radical (unpaired) electrons. The van der Waals surface area contributed by atoms with Gasteiger partial charge in [-0.15, -0.1) is 0 Å². The molecule has 0 fully saturated rings.